The van der Waals surface area contributed by atoms with Crippen molar-refractivity contribution in [1.82, 2.24) is 30.2 Å². The van der Waals surface area contributed by atoms with E-state index in [2.05, 4.69) is 96.7 Å². The molecule has 4 saturated heterocycles. The lowest BCUT2D eigenvalue weighted by Crippen LogP contribution is -2.53. The van der Waals surface area contributed by atoms with E-state index >= 15 is 0 Å². The summed E-state index contributed by atoms with van der Waals surface area (Å²) in [6, 6.07) is 30.3. The topological polar surface area (TPSA) is 148 Å². The zero-order valence-corrected chi connectivity index (χ0v) is 49.7. The molecular formula is C61H80Cl5N7O5. The van der Waals surface area contributed by atoms with Crippen LogP contribution in [0.1, 0.15) is 115 Å². The Morgan fingerprint density at radius 1 is 0.590 bits per heavy atom. The second kappa shape index (κ2) is 30.0. The number of amides is 4. The van der Waals surface area contributed by atoms with Crippen molar-refractivity contribution < 1.29 is 24.0 Å². The van der Waals surface area contributed by atoms with Crippen molar-refractivity contribution >= 4 is 88.2 Å². The summed E-state index contributed by atoms with van der Waals surface area (Å²) >= 11 is 24.4. The number of aryl methyl sites for hydroxylation is 2. The normalized spacial score (nSPS) is 22.4. The number of carbonyl (C=O) groups is 5. The Balaban J connectivity index is 0.000000250. The van der Waals surface area contributed by atoms with Gasteiger partial charge in [-0.15, -0.1) is 12.4 Å². The highest BCUT2D eigenvalue weighted by Gasteiger charge is 2.48. The highest BCUT2D eigenvalue weighted by Crippen LogP contribution is 2.36. The molecular weight excluding hydrogens is 1090 g/mol. The lowest BCUT2D eigenvalue weighted by Gasteiger charge is -2.33. The SMILES string of the molecule is CC(=O)C[C@@H]1C[C@H]2C(=O)N([C@H](CC(C)C)C(=O)NCc3ccc(Cl)c(Cl)c3)CCC(CCc3ccccc3)N2C1.CC(C)C[C@H](C(=O)NCc1ccc(Cl)c(Cl)c1)N1CCC(CCc2ccccc2)N2C[C@H](N)C[C@H]2C1=O.Cl. The summed E-state index contributed by atoms with van der Waals surface area (Å²) in [6.07, 6.45) is 8.39. The van der Waals surface area contributed by atoms with Crippen molar-refractivity contribution in [3.8, 4) is 0 Å². The summed E-state index contributed by atoms with van der Waals surface area (Å²) in [6.45, 7) is 13.2. The number of nitrogens with zero attached hydrogens (tertiary/aromatic N) is 4. The Kier molecular flexibility index (Phi) is 24.2. The van der Waals surface area contributed by atoms with E-state index in [1.807, 2.05) is 34.1 Å². The third-order valence-electron chi connectivity index (χ3n) is 15.7. The minimum atomic E-state index is -0.558. The predicted octanol–water partition coefficient (Wildman–Crippen LogP) is 11.0. The molecule has 4 aromatic carbocycles. The van der Waals surface area contributed by atoms with Crippen LogP contribution < -0.4 is 16.4 Å². The van der Waals surface area contributed by atoms with Gasteiger partial charge in [0.15, 0.2) is 0 Å². The van der Waals surface area contributed by atoms with Crippen molar-refractivity contribution in [2.75, 3.05) is 26.2 Å². The zero-order chi connectivity index (χ0) is 55.3. The number of Topliss-reactive ketones (excluding diaryl/α,β-unsaturated/α-hetero) is 1. The molecule has 4 fully saturated rings. The molecule has 424 valence electrons. The number of hydrogen-bond donors (Lipinski definition) is 3. The van der Waals surface area contributed by atoms with Gasteiger partial charge in [0.25, 0.3) is 0 Å². The van der Waals surface area contributed by atoms with E-state index in [9.17, 15) is 24.0 Å². The molecule has 8 rings (SSSR count). The van der Waals surface area contributed by atoms with Crippen LogP contribution in [-0.2, 0) is 49.9 Å². The van der Waals surface area contributed by atoms with Gasteiger partial charge in [0.1, 0.15) is 17.9 Å². The molecule has 0 spiro atoms. The van der Waals surface area contributed by atoms with E-state index in [0.717, 1.165) is 62.7 Å². The van der Waals surface area contributed by atoms with Crippen LogP contribution >= 0.6 is 58.8 Å². The van der Waals surface area contributed by atoms with Gasteiger partial charge < -0.3 is 31.0 Å². The van der Waals surface area contributed by atoms with Crippen LogP contribution in [0.25, 0.3) is 0 Å². The average Bonchev–Trinajstić information content (AvgIpc) is 4.06. The van der Waals surface area contributed by atoms with Gasteiger partial charge in [-0.1, -0.05) is 147 Å². The molecule has 4 amide bonds. The first-order valence-corrected chi connectivity index (χ1v) is 29.2. The second-order valence-corrected chi connectivity index (χ2v) is 24.3. The van der Waals surface area contributed by atoms with Gasteiger partial charge in [-0.25, -0.2) is 0 Å². The van der Waals surface area contributed by atoms with E-state index in [-0.39, 0.29) is 89.8 Å². The Morgan fingerprint density at radius 3 is 1.42 bits per heavy atom. The van der Waals surface area contributed by atoms with Crippen molar-refractivity contribution in [3.63, 3.8) is 0 Å². The summed E-state index contributed by atoms with van der Waals surface area (Å²) in [4.78, 5) is 75.5. The van der Waals surface area contributed by atoms with Gasteiger partial charge in [-0.3, -0.25) is 29.0 Å². The van der Waals surface area contributed by atoms with Gasteiger partial charge >= 0.3 is 0 Å². The summed E-state index contributed by atoms with van der Waals surface area (Å²) in [7, 11) is 0. The summed E-state index contributed by atoms with van der Waals surface area (Å²) < 4.78 is 0. The number of carbonyl (C=O) groups excluding carboxylic acids is 5. The number of nitrogens with two attached hydrogens (primary N) is 1. The first kappa shape index (κ1) is 62.9. The molecule has 0 bridgehead atoms. The van der Waals surface area contributed by atoms with Gasteiger partial charge in [-0.05, 0) is 135 Å². The number of fused-ring (bicyclic) bond motifs is 2. The molecule has 0 aromatic heterocycles. The number of halogens is 5. The minimum Gasteiger partial charge on any atom is -0.350 e. The zero-order valence-electron chi connectivity index (χ0n) is 45.9. The van der Waals surface area contributed by atoms with E-state index in [1.54, 1.807) is 31.2 Å². The molecule has 4 heterocycles. The highest BCUT2D eigenvalue weighted by atomic mass is 35.5. The Hall–Kier alpha value is -4.24. The van der Waals surface area contributed by atoms with Crippen LogP contribution in [0.2, 0.25) is 20.1 Å². The van der Waals surface area contributed by atoms with Gasteiger partial charge in [-0.2, -0.15) is 0 Å². The molecule has 2 unspecified atom stereocenters. The van der Waals surface area contributed by atoms with E-state index in [1.165, 1.54) is 11.1 Å². The molecule has 0 saturated carbocycles. The standard InChI is InChI=1S/C32H41Cl2N3O3.C29H38Cl2N4O2.ClH/c1-21(2)15-29(31(39)35-19-24-10-12-27(33)28(34)17-24)36-14-13-26(11-9-23-7-5-4-6-8-23)37-20-25(16-22(3)38)18-30(37)32(36)40;1-19(2)14-26(28(36)33-17-21-9-11-24(30)25(31)15-21)34-13-12-23(10-8-20-6-4-3-5-7-20)35-18-22(32)16-27(35)29(34)37;/h4-8,10,12,17,21,25-26,29-30H,9,11,13-16,18-20H2,1-3H3,(H,35,39);3-7,9,11,15,19,22-23,26-27H,8,10,12-14,16-18,32H2,1-2H3,(H,33,36);1H/t25-,26?,29-,30+;22-,23?,26-,27+;/m11./s1. The number of hydrogen-bond acceptors (Lipinski definition) is 8. The number of ketones is 1. The van der Waals surface area contributed by atoms with Crippen molar-refractivity contribution in [2.45, 2.75) is 161 Å². The quantitative estimate of drug-likeness (QED) is 0.0792. The van der Waals surface area contributed by atoms with E-state index < -0.39 is 12.1 Å². The molecule has 4 N–H and O–H groups in total. The number of rotatable bonds is 20. The Morgan fingerprint density at radius 2 is 1.01 bits per heavy atom. The fourth-order valence-corrected chi connectivity index (χ4v) is 12.6. The van der Waals surface area contributed by atoms with Crippen LogP contribution in [0.3, 0.4) is 0 Å². The van der Waals surface area contributed by atoms with Crippen molar-refractivity contribution in [1.29, 1.82) is 0 Å². The third kappa shape index (κ3) is 17.4. The molecule has 78 heavy (non-hydrogen) atoms. The highest BCUT2D eigenvalue weighted by molar-refractivity contribution is 6.42. The van der Waals surface area contributed by atoms with Gasteiger partial charge in [0.2, 0.25) is 23.6 Å². The lowest BCUT2D eigenvalue weighted by molar-refractivity contribution is -0.143. The van der Waals surface area contributed by atoms with Crippen molar-refractivity contribution in [3.05, 3.63) is 139 Å². The van der Waals surface area contributed by atoms with Crippen molar-refractivity contribution in [2.24, 2.45) is 23.5 Å². The maximum absolute atomic E-state index is 14.1. The fraction of sp³-hybridized carbons (Fsp3) is 0.525. The molecule has 12 nitrogen and oxygen atoms in total. The van der Waals surface area contributed by atoms with Crippen LogP contribution in [0.4, 0.5) is 0 Å². The summed E-state index contributed by atoms with van der Waals surface area (Å²) in [5.41, 5.74) is 10.7. The first-order valence-electron chi connectivity index (χ1n) is 27.7. The van der Waals surface area contributed by atoms with Crippen LogP contribution in [-0.4, -0.2) is 117 Å². The third-order valence-corrected chi connectivity index (χ3v) is 17.2. The maximum Gasteiger partial charge on any atom is 0.243 e. The lowest BCUT2D eigenvalue weighted by atomic mass is 9.97. The minimum absolute atomic E-state index is 0. The number of nitrogens with one attached hydrogen (secondary N) is 2. The molecule has 4 aromatic rings. The first-order chi connectivity index (χ1) is 36.8. The molecule has 0 aliphatic carbocycles. The van der Waals surface area contributed by atoms with E-state index in [0.29, 0.717) is 78.4 Å². The molecule has 4 aliphatic rings. The van der Waals surface area contributed by atoms with Crippen LogP contribution in [0, 0.1) is 17.8 Å². The van der Waals surface area contributed by atoms with Gasteiger partial charge in [0.05, 0.1) is 32.2 Å². The Labute approximate surface area is 489 Å². The molecule has 0 radical (unpaired) electrons. The molecule has 8 atom stereocenters. The smallest absolute Gasteiger partial charge is 0.243 e. The molecule has 17 heteroatoms. The Bertz CT molecular complexity index is 2630. The predicted molar refractivity (Wildman–Crippen MR) is 317 cm³/mol. The summed E-state index contributed by atoms with van der Waals surface area (Å²) in [5.74, 6) is 0.577. The van der Waals surface area contributed by atoms with Crippen LogP contribution in [0.15, 0.2) is 97.1 Å². The fourth-order valence-electron chi connectivity index (χ4n) is 12.0. The number of benzene rings is 4. The van der Waals surface area contributed by atoms with Gasteiger partial charge in [0, 0.05) is 63.8 Å². The molecule has 4 aliphatic heterocycles. The monoisotopic (exact) mass is 1170 g/mol. The largest absolute Gasteiger partial charge is 0.350 e. The maximum atomic E-state index is 14.1. The van der Waals surface area contributed by atoms with Crippen LogP contribution in [0.5, 0.6) is 0 Å². The summed E-state index contributed by atoms with van der Waals surface area (Å²) in [5, 5.41) is 7.93. The van der Waals surface area contributed by atoms with E-state index in [4.69, 9.17) is 52.1 Å². The average molecular weight is 1170 g/mol. The second-order valence-electron chi connectivity index (χ2n) is 22.6.